The second-order valence-corrected chi connectivity index (χ2v) is 5.99. The zero-order valence-corrected chi connectivity index (χ0v) is 13.5. The molecule has 2 amide bonds. The van der Waals surface area contributed by atoms with E-state index in [0.717, 1.165) is 32.5 Å². The van der Waals surface area contributed by atoms with Crippen LogP contribution in [0, 0.1) is 0 Å². The van der Waals surface area contributed by atoms with Crippen molar-refractivity contribution in [3.8, 4) is 0 Å². The fourth-order valence-electron chi connectivity index (χ4n) is 2.54. The van der Waals surface area contributed by atoms with Gasteiger partial charge in [-0.25, -0.2) is 0 Å². The summed E-state index contributed by atoms with van der Waals surface area (Å²) in [4.78, 5) is 28.2. The zero-order valence-electron chi connectivity index (χ0n) is 13.5. The first-order valence-electron chi connectivity index (χ1n) is 7.90. The summed E-state index contributed by atoms with van der Waals surface area (Å²) in [6, 6.07) is 6.94. The first-order chi connectivity index (χ1) is 10.6. The van der Waals surface area contributed by atoms with Crippen LogP contribution in [-0.4, -0.2) is 61.9 Å². The number of carbonyl (C=O) groups excluding carboxylic acids is 2. The average molecular weight is 303 g/mol. The van der Waals surface area contributed by atoms with Gasteiger partial charge in [0.25, 0.3) is 11.8 Å². The number of likely N-dealkylation sites (tertiary alicyclic amines) is 1. The average Bonchev–Trinajstić information content (AvgIpc) is 2.54. The van der Waals surface area contributed by atoms with Gasteiger partial charge in [-0.15, -0.1) is 0 Å². The first kappa shape index (κ1) is 16.5. The van der Waals surface area contributed by atoms with E-state index in [2.05, 4.69) is 5.32 Å². The Balaban J connectivity index is 1.91. The second kappa shape index (κ2) is 7.94. The van der Waals surface area contributed by atoms with Crippen molar-refractivity contribution in [2.75, 3.05) is 40.3 Å². The molecule has 22 heavy (non-hydrogen) atoms. The number of hydrogen-bond acceptors (Lipinski definition) is 3. The first-order valence-corrected chi connectivity index (χ1v) is 7.90. The van der Waals surface area contributed by atoms with Crippen LogP contribution in [0.5, 0.6) is 0 Å². The van der Waals surface area contributed by atoms with Crippen LogP contribution in [0.15, 0.2) is 24.3 Å². The number of likely N-dealkylation sites (N-methyl/N-ethyl adjacent to an activating group) is 1. The van der Waals surface area contributed by atoms with Crippen LogP contribution in [0.4, 0.5) is 0 Å². The van der Waals surface area contributed by atoms with E-state index in [1.54, 1.807) is 24.3 Å². The van der Waals surface area contributed by atoms with E-state index >= 15 is 0 Å². The van der Waals surface area contributed by atoms with Gasteiger partial charge in [0.15, 0.2) is 0 Å². The quantitative estimate of drug-likeness (QED) is 0.899. The highest BCUT2D eigenvalue weighted by molar-refractivity contribution is 5.97. The summed E-state index contributed by atoms with van der Waals surface area (Å²) in [5.74, 6) is -0.0295. The molecule has 1 saturated heterocycles. The highest BCUT2D eigenvalue weighted by Crippen LogP contribution is 2.13. The molecule has 0 radical (unpaired) electrons. The summed E-state index contributed by atoms with van der Waals surface area (Å²) >= 11 is 0. The van der Waals surface area contributed by atoms with Crippen molar-refractivity contribution >= 4 is 11.8 Å². The molecule has 1 fully saturated rings. The van der Waals surface area contributed by atoms with Crippen LogP contribution < -0.4 is 5.32 Å². The van der Waals surface area contributed by atoms with Gasteiger partial charge in [0.2, 0.25) is 0 Å². The van der Waals surface area contributed by atoms with E-state index in [1.807, 2.05) is 23.9 Å². The maximum absolute atomic E-state index is 12.3. The van der Waals surface area contributed by atoms with Gasteiger partial charge in [0, 0.05) is 37.3 Å². The fraction of sp³-hybridized carbons (Fsp3) is 0.529. The van der Waals surface area contributed by atoms with Crippen molar-refractivity contribution in [2.24, 2.45) is 0 Å². The topological polar surface area (TPSA) is 52.7 Å². The normalized spacial score (nSPS) is 15.0. The highest BCUT2D eigenvalue weighted by atomic mass is 16.2. The number of rotatable bonds is 5. The Labute approximate surface area is 132 Å². The van der Waals surface area contributed by atoms with Gasteiger partial charge >= 0.3 is 0 Å². The van der Waals surface area contributed by atoms with Crippen LogP contribution >= 0.6 is 0 Å². The molecule has 0 atom stereocenters. The van der Waals surface area contributed by atoms with E-state index < -0.39 is 0 Å². The Morgan fingerprint density at radius 3 is 2.23 bits per heavy atom. The third-order valence-electron chi connectivity index (χ3n) is 3.88. The van der Waals surface area contributed by atoms with E-state index in [-0.39, 0.29) is 11.8 Å². The lowest BCUT2D eigenvalue weighted by molar-refractivity contribution is 0.0723. The Morgan fingerprint density at radius 2 is 1.64 bits per heavy atom. The van der Waals surface area contributed by atoms with Gasteiger partial charge in [0.1, 0.15) is 0 Å². The van der Waals surface area contributed by atoms with Crippen molar-refractivity contribution in [2.45, 2.75) is 19.3 Å². The molecule has 1 heterocycles. The smallest absolute Gasteiger partial charge is 0.253 e. The van der Waals surface area contributed by atoms with Crippen molar-refractivity contribution < 1.29 is 9.59 Å². The summed E-state index contributed by atoms with van der Waals surface area (Å²) in [5.41, 5.74) is 1.25. The van der Waals surface area contributed by atoms with Crippen molar-refractivity contribution in [3.63, 3.8) is 0 Å². The summed E-state index contributed by atoms with van der Waals surface area (Å²) < 4.78 is 0. The number of piperidine rings is 1. The molecule has 5 heteroatoms. The highest BCUT2D eigenvalue weighted by Gasteiger charge is 2.18. The van der Waals surface area contributed by atoms with Gasteiger partial charge in [0.05, 0.1) is 0 Å². The minimum atomic E-state index is -0.0983. The lowest BCUT2D eigenvalue weighted by atomic mass is 10.1. The van der Waals surface area contributed by atoms with Crippen LogP contribution in [0.25, 0.3) is 0 Å². The standard InChI is InChI=1S/C17H25N3O2/c1-19(2)13-10-18-16(21)14-6-8-15(9-7-14)17(22)20-11-4-3-5-12-20/h6-9H,3-5,10-13H2,1-2H3,(H,18,21). The molecule has 1 N–H and O–H groups in total. The number of nitrogens with zero attached hydrogens (tertiary/aromatic N) is 2. The molecule has 0 bridgehead atoms. The van der Waals surface area contributed by atoms with Crippen molar-refractivity contribution in [1.82, 2.24) is 15.1 Å². The minimum Gasteiger partial charge on any atom is -0.351 e. The molecule has 0 aliphatic carbocycles. The molecule has 2 rings (SSSR count). The van der Waals surface area contributed by atoms with Gasteiger partial charge in [-0.1, -0.05) is 0 Å². The molecule has 0 aromatic heterocycles. The van der Waals surface area contributed by atoms with E-state index in [1.165, 1.54) is 6.42 Å². The van der Waals surface area contributed by atoms with Gasteiger partial charge in [-0.05, 0) is 57.6 Å². The van der Waals surface area contributed by atoms with Crippen LogP contribution in [0.2, 0.25) is 0 Å². The van der Waals surface area contributed by atoms with Crippen LogP contribution in [-0.2, 0) is 0 Å². The van der Waals surface area contributed by atoms with E-state index in [4.69, 9.17) is 0 Å². The predicted molar refractivity (Wildman–Crippen MR) is 87.1 cm³/mol. The summed E-state index contributed by atoms with van der Waals surface area (Å²) in [7, 11) is 3.93. The maximum Gasteiger partial charge on any atom is 0.253 e. The molecule has 1 aromatic carbocycles. The lowest BCUT2D eigenvalue weighted by Gasteiger charge is -2.26. The minimum absolute atomic E-state index is 0.0688. The molecule has 1 aliphatic rings. The molecule has 0 unspecified atom stereocenters. The van der Waals surface area contributed by atoms with Crippen LogP contribution in [0.3, 0.4) is 0 Å². The summed E-state index contributed by atoms with van der Waals surface area (Å²) in [6.07, 6.45) is 3.37. The molecule has 120 valence electrons. The molecule has 0 spiro atoms. The van der Waals surface area contributed by atoms with Gasteiger partial charge < -0.3 is 15.1 Å². The SMILES string of the molecule is CN(C)CCNC(=O)c1ccc(C(=O)N2CCCCC2)cc1. The largest absolute Gasteiger partial charge is 0.351 e. The third kappa shape index (κ3) is 4.56. The van der Waals surface area contributed by atoms with E-state index in [0.29, 0.717) is 17.7 Å². The Kier molecular flexibility index (Phi) is 5.95. The number of hydrogen-bond donors (Lipinski definition) is 1. The zero-order chi connectivity index (χ0) is 15.9. The molecular weight excluding hydrogens is 278 g/mol. The monoisotopic (exact) mass is 303 g/mol. The third-order valence-corrected chi connectivity index (χ3v) is 3.88. The van der Waals surface area contributed by atoms with Gasteiger partial charge in [-0.3, -0.25) is 9.59 Å². The Bertz CT molecular complexity index is 505. The summed E-state index contributed by atoms with van der Waals surface area (Å²) in [6.45, 7) is 3.09. The Hall–Kier alpha value is -1.88. The molecule has 1 aliphatic heterocycles. The lowest BCUT2D eigenvalue weighted by Crippen LogP contribution is -2.35. The van der Waals surface area contributed by atoms with Crippen LogP contribution in [0.1, 0.15) is 40.0 Å². The molecular formula is C17H25N3O2. The second-order valence-electron chi connectivity index (χ2n) is 5.99. The summed E-state index contributed by atoms with van der Waals surface area (Å²) in [5, 5.41) is 2.87. The number of amides is 2. The molecule has 5 nitrogen and oxygen atoms in total. The molecule has 1 aromatic rings. The number of nitrogens with one attached hydrogen (secondary N) is 1. The number of benzene rings is 1. The van der Waals surface area contributed by atoms with Crippen molar-refractivity contribution in [1.29, 1.82) is 0 Å². The number of carbonyl (C=O) groups is 2. The maximum atomic E-state index is 12.3. The molecule has 0 saturated carbocycles. The Morgan fingerprint density at radius 1 is 1.05 bits per heavy atom. The van der Waals surface area contributed by atoms with Gasteiger partial charge in [-0.2, -0.15) is 0 Å². The van der Waals surface area contributed by atoms with Crippen molar-refractivity contribution in [3.05, 3.63) is 35.4 Å². The fourth-order valence-corrected chi connectivity index (χ4v) is 2.54. The predicted octanol–water partition coefficient (Wildman–Crippen LogP) is 1.60. The van der Waals surface area contributed by atoms with E-state index in [9.17, 15) is 9.59 Å².